The van der Waals surface area contributed by atoms with Gasteiger partial charge in [0.2, 0.25) is 0 Å². The maximum atomic E-state index is 13.7. The smallest absolute Gasteiger partial charge is 0.166 e. The van der Waals surface area contributed by atoms with Crippen LogP contribution in [-0.2, 0) is 0 Å². The molecule has 1 atom stereocenters. The molecule has 0 bridgehead atoms. The molecule has 0 aromatic heterocycles. The molecule has 5 heteroatoms. The van der Waals surface area contributed by atoms with Gasteiger partial charge in [-0.15, -0.1) is 0 Å². The van der Waals surface area contributed by atoms with E-state index in [9.17, 15) is 13.9 Å². The number of benzene rings is 2. The minimum absolute atomic E-state index is 0.0108. The van der Waals surface area contributed by atoms with Crippen LogP contribution in [0.1, 0.15) is 18.6 Å². The molecule has 0 aliphatic rings. The van der Waals surface area contributed by atoms with Crippen LogP contribution >= 0.6 is 15.9 Å². The van der Waals surface area contributed by atoms with Gasteiger partial charge >= 0.3 is 0 Å². The summed E-state index contributed by atoms with van der Waals surface area (Å²) in [6, 6.07) is 8.06. The van der Waals surface area contributed by atoms with Gasteiger partial charge in [-0.25, -0.2) is 8.78 Å². The average molecular weight is 329 g/mol. The molecule has 2 rings (SSSR count). The highest BCUT2D eigenvalue weighted by Gasteiger charge is 2.13. The third-order valence-electron chi connectivity index (χ3n) is 2.54. The lowest BCUT2D eigenvalue weighted by molar-refractivity contribution is 0.195. The Kier molecular flexibility index (Phi) is 4.17. The monoisotopic (exact) mass is 328 g/mol. The van der Waals surface area contributed by atoms with Crippen molar-refractivity contribution in [2.24, 2.45) is 0 Å². The van der Waals surface area contributed by atoms with E-state index in [1.54, 1.807) is 6.07 Å². The van der Waals surface area contributed by atoms with E-state index in [-0.39, 0.29) is 17.1 Å². The number of aliphatic hydroxyl groups excluding tert-OH is 1. The zero-order valence-electron chi connectivity index (χ0n) is 10.0. The van der Waals surface area contributed by atoms with Gasteiger partial charge in [0.25, 0.3) is 0 Å². The fourth-order valence-corrected chi connectivity index (χ4v) is 1.95. The normalized spacial score (nSPS) is 12.3. The third kappa shape index (κ3) is 3.30. The highest BCUT2D eigenvalue weighted by molar-refractivity contribution is 9.10. The van der Waals surface area contributed by atoms with Crippen molar-refractivity contribution in [1.29, 1.82) is 0 Å². The van der Waals surface area contributed by atoms with Crippen molar-refractivity contribution in [2.75, 3.05) is 0 Å². The maximum Gasteiger partial charge on any atom is 0.166 e. The predicted molar refractivity (Wildman–Crippen MR) is 71.2 cm³/mol. The van der Waals surface area contributed by atoms with Gasteiger partial charge in [-0.05, 0) is 43.3 Å². The largest absolute Gasteiger partial charge is 0.454 e. The summed E-state index contributed by atoms with van der Waals surface area (Å²) in [6.07, 6.45) is -0.913. The van der Waals surface area contributed by atoms with Gasteiger partial charge in [-0.2, -0.15) is 0 Å². The summed E-state index contributed by atoms with van der Waals surface area (Å²) in [6.45, 7) is 1.49. The molecule has 0 amide bonds. The van der Waals surface area contributed by atoms with Crippen LogP contribution in [0.3, 0.4) is 0 Å². The Bertz CT molecular complexity index is 600. The Morgan fingerprint density at radius 2 is 1.79 bits per heavy atom. The minimum Gasteiger partial charge on any atom is -0.454 e. The Hall–Kier alpha value is -1.46. The van der Waals surface area contributed by atoms with Crippen molar-refractivity contribution in [3.05, 3.63) is 58.1 Å². The van der Waals surface area contributed by atoms with E-state index in [1.807, 2.05) is 0 Å². The Morgan fingerprint density at radius 1 is 1.11 bits per heavy atom. The van der Waals surface area contributed by atoms with E-state index in [1.165, 1.54) is 31.2 Å². The molecule has 2 aromatic carbocycles. The SMILES string of the molecule is CC(O)c1cc(F)ccc1Oc1ccc(Br)cc1F. The highest BCUT2D eigenvalue weighted by atomic mass is 79.9. The molecule has 0 saturated carbocycles. The van der Waals surface area contributed by atoms with Crippen LogP contribution in [0.4, 0.5) is 8.78 Å². The first-order valence-electron chi connectivity index (χ1n) is 5.58. The third-order valence-corrected chi connectivity index (χ3v) is 3.03. The Labute approximate surface area is 117 Å². The zero-order valence-corrected chi connectivity index (χ0v) is 11.6. The molecule has 100 valence electrons. The van der Waals surface area contributed by atoms with Crippen molar-refractivity contribution >= 4 is 15.9 Å². The molecule has 0 heterocycles. The summed E-state index contributed by atoms with van der Waals surface area (Å²) in [5.74, 6) is -0.802. The molecule has 1 N–H and O–H groups in total. The topological polar surface area (TPSA) is 29.5 Å². The van der Waals surface area contributed by atoms with Crippen molar-refractivity contribution in [2.45, 2.75) is 13.0 Å². The number of ether oxygens (including phenoxy) is 1. The fourth-order valence-electron chi connectivity index (χ4n) is 1.62. The van der Waals surface area contributed by atoms with E-state index in [4.69, 9.17) is 4.74 Å². The van der Waals surface area contributed by atoms with Crippen LogP contribution in [0.15, 0.2) is 40.9 Å². The zero-order chi connectivity index (χ0) is 14.0. The van der Waals surface area contributed by atoms with Crippen molar-refractivity contribution in [1.82, 2.24) is 0 Å². The fraction of sp³-hybridized carbons (Fsp3) is 0.143. The van der Waals surface area contributed by atoms with Crippen LogP contribution in [0.25, 0.3) is 0 Å². The molecule has 0 aliphatic heterocycles. The summed E-state index contributed by atoms with van der Waals surface area (Å²) < 4.78 is 32.8. The second kappa shape index (κ2) is 5.67. The van der Waals surface area contributed by atoms with E-state index in [0.717, 1.165) is 6.07 Å². The predicted octanol–water partition coefficient (Wildman–Crippen LogP) is 4.57. The number of hydrogen-bond acceptors (Lipinski definition) is 2. The minimum atomic E-state index is -0.913. The second-order valence-electron chi connectivity index (χ2n) is 4.03. The van der Waals surface area contributed by atoms with Gasteiger partial charge in [0.1, 0.15) is 11.6 Å². The molecule has 2 nitrogen and oxygen atoms in total. The standard InChI is InChI=1S/C14H11BrF2O2/c1-8(18)11-7-10(16)3-5-13(11)19-14-4-2-9(15)6-12(14)17/h2-8,18H,1H3. The number of halogens is 3. The lowest BCUT2D eigenvalue weighted by Gasteiger charge is -2.13. The van der Waals surface area contributed by atoms with Crippen LogP contribution in [0, 0.1) is 11.6 Å². The lowest BCUT2D eigenvalue weighted by atomic mass is 10.1. The molecular formula is C14H11BrF2O2. The molecule has 0 spiro atoms. The molecule has 19 heavy (non-hydrogen) atoms. The second-order valence-corrected chi connectivity index (χ2v) is 4.95. The highest BCUT2D eigenvalue weighted by Crippen LogP contribution is 2.32. The van der Waals surface area contributed by atoms with Crippen molar-refractivity contribution < 1.29 is 18.6 Å². The first-order chi connectivity index (χ1) is 8.97. The van der Waals surface area contributed by atoms with E-state index >= 15 is 0 Å². The number of rotatable bonds is 3. The molecule has 0 saturated heterocycles. The van der Waals surface area contributed by atoms with Crippen molar-refractivity contribution in [3.8, 4) is 11.5 Å². The molecule has 1 unspecified atom stereocenters. The molecule has 0 aliphatic carbocycles. The quantitative estimate of drug-likeness (QED) is 0.894. The van der Waals surface area contributed by atoms with Crippen LogP contribution in [-0.4, -0.2) is 5.11 Å². The maximum absolute atomic E-state index is 13.7. The molecule has 2 aromatic rings. The summed E-state index contributed by atoms with van der Waals surface area (Å²) in [5, 5.41) is 9.57. The van der Waals surface area contributed by atoms with Crippen molar-refractivity contribution in [3.63, 3.8) is 0 Å². The van der Waals surface area contributed by atoms with E-state index in [2.05, 4.69) is 15.9 Å². The molecule has 0 fully saturated rings. The van der Waals surface area contributed by atoms with Crippen LogP contribution in [0.2, 0.25) is 0 Å². The Balaban J connectivity index is 2.38. The first-order valence-corrected chi connectivity index (χ1v) is 6.37. The van der Waals surface area contributed by atoms with Gasteiger partial charge in [0.05, 0.1) is 6.10 Å². The summed E-state index contributed by atoms with van der Waals surface area (Å²) in [7, 11) is 0. The van der Waals surface area contributed by atoms with E-state index < -0.39 is 17.7 Å². The lowest BCUT2D eigenvalue weighted by Crippen LogP contribution is -1.98. The number of aliphatic hydroxyl groups is 1. The van der Waals surface area contributed by atoms with Gasteiger partial charge in [0, 0.05) is 10.0 Å². The van der Waals surface area contributed by atoms with Gasteiger partial charge in [-0.3, -0.25) is 0 Å². The summed E-state index contributed by atoms with van der Waals surface area (Å²) >= 11 is 3.14. The van der Waals surface area contributed by atoms with Crippen LogP contribution < -0.4 is 4.74 Å². The van der Waals surface area contributed by atoms with Gasteiger partial charge < -0.3 is 9.84 Å². The van der Waals surface area contributed by atoms with E-state index in [0.29, 0.717) is 4.47 Å². The number of hydrogen-bond donors (Lipinski definition) is 1. The molecular weight excluding hydrogens is 318 g/mol. The average Bonchev–Trinajstić information content (AvgIpc) is 2.34. The Morgan fingerprint density at radius 3 is 2.42 bits per heavy atom. The molecule has 0 radical (unpaired) electrons. The summed E-state index contributed by atoms with van der Waals surface area (Å²) in [4.78, 5) is 0. The van der Waals surface area contributed by atoms with Crippen LogP contribution in [0.5, 0.6) is 11.5 Å². The summed E-state index contributed by atoms with van der Waals surface area (Å²) in [5.41, 5.74) is 0.266. The first kappa shape index (κ1) is 14.0. The van der Waals surface area contributed by atoms with Gasteiger partial charge in [-0.1, -0.05) is 15.9 Å². The van der Waals surface area contributed by atoms with Gasteiger partial charge in [0.15, 0.2) is 11.6 Å².